The molecule has 0 aliphatic carbocycles. The molecule has 2 aromatic carbocycles. The van der Waals surface area contributed by atoms with Gasteiger partial charge in [0.05, 0.1) is 11.0 Å². The highest BCUT2D eigenvalue weighted by Crippen LogP contribution is 2.11. The van der Waals surface area contributed by atoms with Gasteiger partial charge in [0.15, 0.2) is 0 Å². The molecule has 3 rings (SSSR count). The minimum atomic E-state index is -0.297. The second-order valence-corrected chi connectivity index (χ2v) is 6.47. The maximum Gasteiger partial charge on any atom is 0.329 e. The molecule has 2 amide bonds. The lowest BCUT2D eigenvalue weighted by atomic mass is 10.2. The fourth-order valence-electron chi connectivity index (χ4n) is 2.80. The summed E-state index contributed by atoms with van der Waals surface area (Å²) in [6.45, 7) is 0.459. The minimum Gasteiger partial charge on any atom is -0.353 e. The molecule has 0 saturated heterocycles. The summed E-state index contributed by atoms with van der Waals surface area (Å²) in [7, 11) is 1.67. The van der Waals surface area contributed by atoms with E-state index >= 15 is 0 Å². The van der Waals surface area contributed by atoms with Gasteiger partial charge in [0.1, 0.15) is 6.54 Å². The SMILES string of the molecule is Cn1c(=O)n(CC(=O)NCCNC(=O)c2ccc(Cl)cc2)c2ccccc21. The molecule has 0 aliphatic heterocycles. The first kappa shape index (κ1) is 18.7. The van der Waals surface area contributed by atoms with Crippen LogP contribution in [0.4, 0.5) is 0 Å². The summed E-state index contributed by atoms with van der Waals surface area (Å²) in [4.78, 5) is 36.4. The van der Waals surface area contributed by atoms with Crippen LogP contribution in [0, 0.1) is 0 Å². The van der Waals surface area contributed by atoms with E-state index in [4.69, 9.17) is 11.6 Å². The summed E-state index contributed by atoms with van der Waals surface area (Å²) < 4.78 is 2.94. The number of hydrogen-bond acceptors (Lipinski definition) is 3. The van der Waals surface area contributed by atoms with E-state index in [1.165, 1.54) is 9.13 Å². The molecule has 0 aliphatic rings. The van der Waals surface area contributed by atoms with E-state index < -0.39 is 0 Å². The summed E-state index contributed by atoms with van der Waals surface area (Å²) >= 11 is 5.79. The van der Waals surface area contributed by atoms with Gasteiger partial charge < -0.3 is 10.6 Å². The van der Waals surface area contributed by atoms with Crippen molar-refractivity contribution < 1.29 is 9.59 Å². The van der Waals surface area contributed by atoms with Crippen molar-refractivity contribution in [2.75, 3.05) is 13.1 Å². The monoisotopic (exact) mass is 386 g/mol. The van der Waals surface area contributed by atoms with Crippen molar-refractivity contribution in [1.82, 2.24) is 19.8 Å². The predicted molar refractivity (Wildman–Crippen MR) is 104 cm³/mol. The molecule has 2 N–H and O–H groups in total. The number of hydrogen-bond donors (Lipinski definition) is 2. The smallest absolute Gasteiger partial charge is 0.329 e. The predicted octanol–water partition coefficient (Wildman–Crippen LogP) is 1.54. The maximum atomic E-state index is 12.3. The Morgan fingerprint density at radius 2 is 1.59 bits per heavy atom. The van der Waals surface area contributed by atoms with Crippen LogP contribution in [0.5, 0.6) is 0 Å². The quantitative estimate of drug-likeness (QED) is 0.630. The van der Waals surface area contributed by atoms with Crippen LogP contribution in [0.25, 0.3) is 11.0 Å². The number of carbonyl (C=O) groups is 2. The van der Waals surface area contributed by atoms with E-state index in [9.17, 15) is 14.4 Å². The van der Waals surface area contributed by atoms with E-state index in [2.05, 4.69) is 10.6 Å². The number of fused-ring (bicyclic) bond motifs is 1. The standard InChI is InChI=1S/C19H19ClN4O3/c1-23-15-4-2-3-5-16(15)24(19(23)27)12-17(25)21-10-11-22-18(26)13-6-8-14(20)9-7-13/h2-9H,10-12H2,1H3,(H,21,25)(H,22,26). The summed E-state index contributed by atoms with van der Waals surface area (Å²) in [6, 6.07) is 13.8. The van der Waals surface area contributed by atoms with Crippen LogP contribution < -0.4 is 16.3 Å². The number of aryl methyl sites for hydroxylation is 1. The Morgan fingerprint density at radius 3 is 2.30 bits per heavy atom. The minimum absolute atomic E-state index is 0.0781. The number of benzene rings is 2. The second-order valence-electron chi connectivity index (χ2n) is 6.03. The van der Waals surface area contributed by atoms with Gasteiger partial charge in [-0.2, -0.15) is 0 Å². The van der Waals surface area contributed by atoms with Crippen LogP contribution in [0.2, 0.25) is 5.02 Å². The molecular weight excluding hydrogens is 368 g/mol. The summed E-state index contributed by atoms with van der Waals surface area (Å²) in [5.74, 6) is -0.541. The van der Waals surface area contributed by atoms with E-state index in [1.807, 2.05) is 18.2 Å². The molecular formula is C19H19ClN4O3. The summed E-state index contributed by atoms with van der Waals surface area (Å²) in [5.41, 5.74) is 1.72. The average Bonchev–Trinajstić information content (AvgIpc) is 2.91. The molecule has 140 valence electrons. The third-order valence-electron chi connectivity index (χ3n) is 4.19. The van der Waals surface area contributed by atoms with E-state index in [-0.39, 0.29) is 37.1 Å². The van der Waals surface area contributed by atoms with Crippen LogP contribution in [-0.4, -0.2) is 34.0 Å². The Labute approximate surface area is 160 Å². The molecule has 0 bridgehead atoms. The first-order valence-corrected chi connectivity index (χ1v) is 8.80. The zero-order chi connectivity index (χ0) is 19.4. The fraction of sp³-hybridized carbons (Fsp3) is 0.211. The van der Waals surface area contributed by atoms with Crippen molar-refractivity contribution in [2.24, 2.45) is 7.05 Å². The lowest BCUT2D eigenvalue weighted by Gasteiger charge is -2.08. The molecule has 0 atom stereocenters. The summed E-state index contributed by atoms with van der Waals surface area (Å²) in [5, 5.41) is 5.98. The Bertz CT molecular complexity index is 1040. The van der Waals surface area contributed by atoms with Crippen molar-refractivity contribution in [3.8, 4) is 0 Å². The van der Waals surface area contributed by atoms with Gasteiger partial charge in [-0.25, -0.2) is 4.79 Å². The van der Waals surface area contributed by atoms with Gasteiger partial charge in [-0.1, -0.05) is 23.7 Å². The number of nitrogens with zero attached hydrogens (tertiary/aromatic N) is 2. The number of nitrogens with one attached hydrogen (secondary N) is 2. The highest BCUT2D eigenvalue weighted by molar-refractivity contribution is 6.30. The van der Waals surface area contributed by atoms with Gasteiger partial charge >= 0.3 is 5.69 Å². The number of halogens is 1. The zero-order valence-corrected chi connectivity index (χ0v) is 15.5. The Balaban J connectivity index is 1.52. The molecule has 3 aromatic rings. The first-order valence-electron chi connectivity index (χ1n) is 8.42. The van der Waals surface area contributed by atoms with Gasteiger partial charge in [-0.15, -0.1) is 0 Å². The van der Waals surface area contributed by atoms with Gasteiger partial charge in [-0.3, -0.25) is 18.7 Å². The molecule has 8 heteroatoms. The van der Waals surface area contributed by atoms with Crippen LogP contribution in [0.3, 0.4) is 0 Å². The lowest BCUT2D eigenvalue weighted by Crippen LogP contribution is -2.37. The third kappa shape index (κ3) is 4.20. The molecule has 0 spiro atoms. The van der Waals surface area contributed by atoms with E-state index in [0.29, 0.717) is 16.1 Å². The van der Waals surface area contributed by atoms with Crippen molar-refractivity contribution >= 4 is 34.4 Å². The van der Waals surface area contributed by atoms with Crippen molar-refractivity contribution in [1.29, 1.82) is 0 Å². The van der Waals surface area contributed by atoms with Gasteiger partial charge in [0, 0.05) is 30.7 Å². The molecule has 1 heterocycles. The zero-order valence-electron chi connectivity index (χ0n) is 14.7. The molecule has 1 aromatic heterocycles. The van der Waals surface area contributed by atoms with Gasteiger partial charge in [0.25, 0.3) is 5.91 Å². The van der Waals surface area contributed by atoms with Crippen LogP contribution >= 0.6 is 11.6 Å². The summed E-state index contributed by atoms with van der Waals surface area (Å²) in [6.07, 6.45) is 0. The largest absolute Gasteiger partial charge is 0.353 e. The topological polar surface area (TPSA) is 85.1 Å². The van der Waals surface area contributed by atoms with Gasteiger partial charge in [-0.05, 0) is 36.4 Å². The highest BCUT2D eigenvalue weighted by Gasteiger charge is 2.13. The van der Waals surface area contributed by atoms with Crippen molar-refractivity contribution in [3.05, 3.63) is 69.6 Å². The Kier molecular flexibility index (Phi) is 5.61. The molecule has 0 saturated carbocycles. The number of imidazole rings is 1. The molecule has 0 unspecified atom stereocenters. The fourth-order valence-corrected chi connectivity index (χ4v) is 2.92. The number of para-hydroxylation sites is 2. The maximum absolute atomic E-state index is 12.3. The van der Waals surface area contributed by atoms with Crippen molar-refractivity contribution in [2.45, 2.75) is 6.54 Å². The van der Waals surface area contributed by atoms with Gasteiger partial charge in [0.2, 0.25) is 5.91 Å². The normalized spacial score (nSPS) is 10.7. The van der Waals surface area contributed by atoms with Crippen LogP contribution in [-0.2, 0) is 18.4 Å². The second kappa shape index (κ2) is 8.09. The third-order valence-corrected chi connectivity index (χ3v) is 4.44. The number of amides is 2. The average molecular weight is 387 g/mol. The Morgan fingerprint density at radius 1 is 0.963 bits per heavy atom. The number of carbonyl (C=O) groups excluding carboxylic acids is 2. The highest BCUT2D eigenvalue weighted by atomic mass is 35.5. The molecule has 0 fully saturated rings. The molecule has 0 radical (unpaired) electrons. The van der Waals surface area contributed by atoms with Crippen molar-refractivity contribution in [3.63, 3.8) is 0 Å². The number of rotatable bonds is 6. The number of aromatic nitrogens is 2. The lowest BCUT2D eigenvalue weighted by molar-refractivity contribution is -0.121. The van der Waals surface area contributed by atoms with E-state index in [1.54, 1.807) is 37.4 Å². The molecule has 27 heavy (non-hydrogen) atoms. The molecule has 7 nitrogen and oxygen atoms in total. The Hall–Kier alpha value is -3.06. The first-order chi connectivity index (χ1) is 13.0. The van der Waals surface area contributed by atoms with Crippen LogP contribution in [0.1, 0.15) is 10.4 Å². The van der Waals surface area contributed by atoms with Crippen LogP contribution in [0.15, 0.2) is 53.3 Å². The van der Waals surface area contributed by atoms with E-state index in [0.717, 1.165) is 5.52 Å².